The number of urea groups is 1. The summed E-state index contributed by atoms with van der Waals surface area (Å²) >= 11 is 0. The highest BCUT2D eigenvalue weighted by atomic mass is 16.5. The number of ether oxygens (including phenoxy) is 1. The molecular weight excluding hydrogens is 220 g/mol. The SMILES string of the molecule is COc1ccc(NC(=O)N(C)CCCO)cc1. The molecule has 0 heterocycles. The molecule has 2 N–H and O–H groups in total. The minimum atomic E-state index is -0.191. The minimum absolute atomic E-state index is 0.0835. The van der Waals surface area contributed by atoms with Crippen molar-refractivity contribution in [2.24, 2.45) is 0 Å². The van der Waals surface area contributed by atoms with Crippen LogP contribution in [0.3, 0.4) is 0 Å². The number of anilines is 1. The quantitative estimate of drug-likeness (QED) is 0.818. The van der Waals surface area contributed by atoms with Crippen LogP contribution in [-0.4, -0.2) is 43.3 Å². The Morgan fingerprint density at radius 1 is 1.41 bits per heavy atom. The second kappa shape index (κ2) is 6.75. The first-order valence-electron chi connectivity index (χ1n) is 5.44. The Kier molecular flexibility index (Phi) is 5.29. The highest BCUT2D eigenvalue weighted by molar-refractivity contribution is 5.89. The van der Waals surface area contributed by atoms with E-state index in [2.05, 4.69) is 5.32 Å². The van der Waals surface area contributed by atoms with E-state index in [-0.39, 0.29) is 12.6 Å². The molecular formula is C12H18N2O3. The zero-order chi connectivity index (χ0) is 12.7. The summed E-state index contributed by atoms with van der Waals surface area (Å²) in [6.45, 7) is 0.610. The molecule has 0 saturated carbocycles. The predicted molar refractivity (Wildman–Crippen MR) is 66.3 cm³/mol. The zero-order valence-corrected chi connectivity index (χ0v) is 10.1. The number of nitrogens with one attached hydrogen (secondary N) is 1. The van der Waals surface area contributed by atoms with E-state index >= 15 is 0 Å². The largest absolute Gasteiger partial charge is 0.497 e. The van der Waals surface area contributed by atoms with Crippen LogP contribution in [-0.2, 0) is 0 Å². The summed E-state index contributed by atoms with van der Waals surface area (Å²) in [4.78, 5) is 13.2. The van der Waals surface area contributed by atoms with Gasteiger partial charge in [-0.2, -0.15) is 0 Å². The highest BCUT2D eigenvalue weighted by Gasteiger charge is 2.07. The fourth-order valence-electron chi connectivity index (χ4n) is 1.30. The lowest BCUT2D eigenvalue weighted by atomic mass is 10.3. The van der Waals surface area contributed by atoms with Crippen molar-refractivity contribution < 1.29 is 14.6 Å². The first kappa shape index (κ1) is 13.3. The highest BCUT2D eigenvalue weighted by Crippen LogP contribution is 2.15. The molecule has 5 heteroatoms. The van der Waals surface area contributed by atoms with Crippen LogP contribution >= 0.6 is 0 Å². The molecule has 94 valence electrons. The first-order chi connectivity index (χ1) is 8.17. The third kappa shape index (κ3) is 4.32. The Morgan fingerprint density at radius 2 is 2.06 bits per heavy atom. The maximum atomic E-state index is 11.7. The Hall–Kier alpha value is -1.75. The van der Waals surface area contributed by atoms with Crippen molar-refractivity contribution >= 4 is 11.7 Å². The van der Waals surface area contributed by atoms with Crippen LogP contribution < -0.4 is 10.1 Å². The Labute approximate surface area is 101 Å². The van der Waals surface area contributed by atoms with Crippen LogP contribution in [0.25, 0.3) is 0 Å². The maximum Gasteiger partial charge on any atom is 0.321 e. The number of rotatable bonds is 5. The molecule has 0 saturated heterocycles. The average Bonchev–Trinajstić information content (AvgIpc) is 2.36. The summed E-state index contributed by atoms with van der Waals surface area (Å²) in [5, 5.41) is 11.4. The number of amides is 2. The fraction of sp³-hybridized carbons (Fsp3) is 0.417. The van der Waals surface area contributed by atoms with Crippen molar-refractivity contribution in [3.63, 3.8) is 0 Å². The number of hydrogen-bond acceptors (Lipinski definition) is 3. The van der Waals surface area contributed by atoms with Crippen LogP contribution in [0, 0.1) is 0 Å². The van der Waals surface area contributed by atoms with Gasteiger partial charge in [-0.3, -0.25) is 0 Å². The molecule has 1 aromatic carbocycles. The molecule has 1 rings (SSSR count). The van der Waals surface area contributed by atoms with Gasteiger partial charge in [0.1, 0.15) is 5.75 Å². The van der Waals surface area contributed by atoms with Crippen LogP contribution in [0.15, 0.2) is 24.3 Å². The Morgan fingerprint density at radius 3 is 2.59 bits per heavy atom. The number of carbonyl (C=O) groups excluding carboxylic acids is 1. The molecule has 5 nitrogen and oxygen atoms in total. The molecule has 0 atom stereocenters. The van der Waals surface area contributed by atoms with Crippen LogP contribution in [0.5, 0.6) is 5.75 Å². The van der Waals surface area contributed by atoms with Crippen molar-refractivity contribution in [2.75, 3.05) is 32.6 Å². The molecule has 0 aliphatic carbocycles. The van der Waals surface area contributed by atoms with E-state index in [4.69, 9.17) is 9.84 Å². The molecule has 0 fully saturated rings. The van der Waals surface area contributed by atoms with Gasteiger partial charge in [0.2, 0.25) is 0 Å². The summed E-state index contributed by atoms with van der Waals surface area (Å²) in [6.07, 6.45) is 0.576. The second-order valence-corrected chi connectivity index (χ2v) is 3.66. The van der Waals surface area contributed by atoms with Crippen molar-refractivity contribution in [3.05, 3.63) is 24.3 Å². The molecule has 2 amide bonds. The summed E-state index contributed by atoms with van der Waals surface area (Å²) < 4.78 is 5.02. The summed E-state index contributed by atoms with van der Waals surface area (Å²) in [5.74, 6) is 0.747. The molecule has 0 aromatic heterocycles. The van der Waals surface area contributed by atoms with Gasteiger partial charge in [-0.1, -0.05) is 0 Å². The van der Waals surface area contributed by atoms with E-state index in [1.165, 1.54) is 4.90 Å². The molecule has 0 bridgehead atoms. The Bertz CT molecular complexity index is 351. The van der Waals surface area contributed by atoms with Gasteiger partial charge in [0.15, 0.2) is 0 Å². The topological polar surface area (TPSA) is 61.8 Å². The van der Waals surface area contributed by atoms with E-state index in [0.29, 0.717) is 18.7 Å². The second-order valence-electron chi connectivity index (χ2n) is 3.66. The normalized spacial score (nSPS) is 9.82. The van der Waals surface area contributed by atoms with E-state index in [1.807, 2.05) is 0 Å². The van der Waals surface area contributed by atoms with Crippen molar-refractivity contribution in [3.8, 4) is 5.75 Å². The van der Waals surface area contributed by atoms with E-state index in [9.17, 15) is 4.79 Å². The van der Waals surface area contributed by atoms with Gasteiger partial charge in [-0.25, -0.2) is 4.79 Å². The van der Waals surface area contributed by atoms with Crippen molar-refractivity contribution in [2.45, 2.75) is 6.42 Å². The van der Waals surface area contributed by atoms with Gasteiger partial charge in [-0.05, 0) is 30.7 Å². The summed E-state index contributed by atoms with van der Waals surface area (Å²) in [6, 6.07) is 6.92. The van der Waals surface area contributed by atoms with E-state index in [1.54, 1.807) is 38.4 Å². The minimum Gasteiger partial charge on any atom is -0.497 e. The van der Waals surface area contributed by atoms with E-state index in [0.717, 1.165) is 5.75 Å². The van der Waals surface area contributed by atoms with Gasteiger partial charge in [0, 0.05) is 25.9 Å². The lowest BCUT2D eigenvalue weighted by Gasteiger charge is -2.17. The molecule has 0 radical (unpaired) electrons. The number of methoxy groups -OCH3 is 1. The van der Waals surface area contributed by atoms with Crippen LogP contribution in [0.2, 0.25) is 0 Å². The number of carbonyl (C=O) groups is 1. The lowest BCUT2D eigenvalue weighted by Crippen LogP contribution is -2.32. The monoisotopic (exact) mass is 238 g/mol. The smallest absolute Gasteiger partial charge is 0.321 e. The van der Waals surface area contributed by atoms with Gasteiger partial charge < -0.3 is 20.1 Å². The first-order valence-corrected chi connectivity index (χ1v) is 5.44. The third-order valence-electron chi connectivity index (χ3n) is 2.34. The molecule has 0 aliphatic heterocycles. The van der Waals surface area contributed by atoms with Crippen LogP contribution in [0.1, 0.15) is 6.42 Å². The molecule has 0 unspecified atom stereocenters. The maximum absolute atomic E-state index is 11.7. The van der Waals surface area contributed by atoms with Gasteiger partial charge >= 0.3 is 6.03 Å². The Balaban J connectivity index is 2.49. The molecule has 0 spiro atoms. The lowest BCUT2D eigenvalue weighted by molar-refractivity contribution is 0.214. The van der Waals surface area contributed by atoms with Gasteiger partial charge in [-0.15, -0.1) is 0 Å². The number of aliphatic hydroxyl groups excluding tert-OH is 1. The molecule has 17 heavy (non-hydrogen) atoms. The summed E-state index contributed by atoms with van der Waals surface area (Å²) in [5.41, 5.74) is 0.714. The van der Waals surface area contributed by atoms with Crippen molar-refractivity contribution in [1.82, 2.24) is 4.90 Å². The van der Waals surface area contributed by atoms with Crippen LogP contribution in [0.4, 0.5) is 10.5 Å². The molecule has 0 aliphatic rings. The van der Waals surface area contributed by atoms with Gasteiger partial charge in [0.25, 0.3) is 0 Å². The number of benzene rings is 1. The number of aliphatic hydroxyl groups is 1. The number of hydrogen-bond donors (Lipinski definition) is 2. The van der Waals surface area contributed by atoms with Gasteiger partial charge in [0.05, 0.1) is 7.11 Å². The third-order valence-corrected chi connectivity index (χ3v) is 2.34. The van der Waals surface area contributed by atoms with E-state index < -0.39 is 0 Å². The summed E-state index contributed by atoms with van der Waals surface area (Å²) in [7, 11) is 3.28. The van der Waals surface area contributed by atoms with Crippen molar-refractivity contribution in [1.29, 1.82) is 0 Å². The molecule has 1 aromatic rings. The number of nitrogens with zero attached hydrogens (tertiary/aromatic N) is 1. The zero-order valence-electron chi connectivity index (χ0n) is 10.1. The standard InChI is InChI=1S/C12H18N2O3/c1-14(8-3-9-15)12(16)13-10-4-6-11(17-2)7-5-10/h4-7,15H,3,8-9H2,1-2H3,(H,13,16). The fourth-order valence-corrected chi connectivity index (χ4v) is 1.30. The predicted octanol–water partition coefficient (Wildman–Crippen LogP) is 1.54. The average molecular weight is 238 g/mol.